The van der Waals surface area contributed by atoms with E-state index < -0.39 is 5.97 Å². The smallest absolute Gasteiger partial charge is 0.341 e. The van der Waals surface area contributed by atoms with Gasteiger partial charge < -0.3 is 10.4 Å². The van der Waals surface area contributed by atoms with Crippen LogP contribution in [-0.4, -0.2) is 25.7 Å². The molecule has 2 N–H and O–H groups in total. The van der Waals surface area contributed by atoms with Crippen LogP contribution in [-0.2, 0) is 6.54 Å². The predicted molar refractivity (Wildman–Crippen MR) is 78.5 cm³/mol. The number of aryl methyl sites for hydroxylation is 1. The molecule has 0 bridgehead atoms. The molecule has 6 nitrogen and oxygen atoms in total. The lowest BCUT2D eigenvalue weighted by Gasteiger charge is -2.08. The monoisotopic (exact) mass is 282 g/mol. The molecule has 3 rings (SSSR count). The minimum Gasteiger partial charge on any atom is -0.477 e. The lowest BCUT2D eigenvalue weighted by Crippen LogP contribution is -2.05. The van der Waals surface area contributed by atoms with E-state index in [4.69, 9.17) is 5.11 Å². The maximum absolute atomic E-state index is 11.1. The topological polar surface area (TPSA) is 79.5 Å². The van der Waals surface area contributed by atoms with Crippen molar-refractivity contribution in [3.05, 3.63) is 59.4 Å². The number of hydrogen-bond acceptors (Lipinski definition) is 4. The zero-order valence-corrected chi connectivity index (χ0v) is 11.4. The van der Waals surface area contributed by atoms with Crippen molar-refractivity contribution in [2.45, 2.75) is 13.5 Å². The quantitative estimate of drug-likeness (QED) is 0.768. The van der Waals surface area contributed by atoms with E-state index >= 15 is 0 Å². The van der Waals surface area contributed by atoms with E-state index in [9.17, 15) is 4.79 Å². The van der Waals surface area contributed by atoms with Crippen LogP contribution in [0.25, 0.3) is 5.65 Å². The van der Waals surface area contributed by atoms with E-state index in [2.05, 4.69) is 15.4 Å². The molecular formula is C15H14N4O2. The van der Waals surface area contributed by atoms with Crippen LogP contribution in [0.5, 0.6) is 0 Å². The van der Waals surface area contributed by atoms with Crippen LogP contribution in [0.15, 0.2) is 42.7 Å². The molecule has 0 aliphatic heterocycles. The van der Waals surface area contributed by atoms with Gasteiger partial charge in [0.05, 0.1) is 6.20 Å². The maximum Gasteiger partial charge on any atom is 0.341 e. The summed E-state index contributed by atoms with van der Waals surface area (Å²) in [5, 5.41) is 16.3. The number of fused-ring (bicyclic) bond motifs is 1. The average molecular weight is 282 g/mol. The summed E-state index contributed by atoms with van der Waals surface area (Å²) < 4.78 is 1.45. The highest BCUT2D eigenvalue weighted by molar-refractivity contribution is 5.94. The zero-order chi connectivity index (χ0) is 14.8. The van der Waals surface area contributed by atoms with Gasteiger partial charge in [-0.3, -0.25) is 0 Å². The van der Waals surface area contributed by atoms with Gasteiger partial charge in [-0.1, -0.05) is 24.3 Å². The van der Waals surface area contributed by atoms with E-state index in [-0.39, 0.29) is 5.56 Å². The Hall–Kier alpha value is -2.89. The zero-order valence-electron chi connectivity index (χ0n) is 11.4. The SMILES string of the molecule is Cc1ccccc1CNc1ccn2ncc(C(=O)O)c2n1. The molecule has 1 aromatic carbocycles. The minimum absolute atomic E-state index is 0.0922. The Morgan fingerprint density at radius 2 is 2.14 bits per heavy atom. The van der Waals surface area contributed by atoms with E-state index in [1.807, 2.05) is 31.2 Å². The standard InChI is InChI=1S/C15H14N4O2/c1-10-4-2-3-5-11(10)8-16-13-6-7-19-14(18-13)12(9-17-19)15(20)21/h2-7,9H,8H2,1H3,(H,16,18)(H,20,21). The Bertz CT molecular complexity index is 810. The summed E-state index contributed by atoms with van der Waals surface area (Å²) in [7, 11) is 0. The molecule has 2 aromatic heterocycles. The average Bonchev–Trinajstić information content (AvgIpc) is 2.89. The second kappa shape index (κ2) is 5.24. The lowest BCUT2D eigenvalue weighted by molar-refractivity contribution is 0.0699. The van der Waals surface area contributed by atoms with Gasteiger partial charge in [-0.2, -0.15) is 5.10 Å². The summed E-state index contributed by atoms with van der Waals surface area (Å²) in [6, 6.07) is 9.84. The highest BCUT2D eigenvalue weighted by Crippen LogP contribution is 2.13. The Morgan fingerprint density at radius 1 is 1.33 bits per heavy atom. The van der Waals surface area contributed by atoms with Crippen molar-refractivity contribution in [3.63, 3.8) is 0 Å². The summed E-state index contributed by atoms with van der Waals surface area (Å²) in [6.45, 7) is 2.68. The third-order valence-corrected chi connectivity index (χ3v) is 3.32. The molecule has 0 unspecified atom stereocenters. The molecule has 0 atom stereocenters. The molecule has 0 saturated heterocycles. The van der Waals surface area contributed by atoms with Crippen LogP contribution >= 0.6 is 0 Å². The summed E-state index contributed by atoms with van der Waals surface area (Å²) in [5.41, 5.74) is 2.79. The van der Waals surface area contributed by atoms with E-state index in [0.717, 1.165) is 0 Å². The van der Waals surface area contributed by atoms with Gasteiger partial charge in [-0.05, 0) is 24.1 Å². The van der Waals surface area contributed by atoms with Gasteiger partial charge in [0.25, 0.3) is 0 Å². The lowest BCUT2D eigenvalue weighted by atomic mass is 10.1. The first-order valence-corrected chi connectivity index (χ1v) is 6.51. The summed E-state index contributed by atoms with van der Waals surface area (Å²) in [4.78, 5) is 15.4. The predicted octanol–water partition coefficient (Wildman–Crippen LogP) is 2.35. The fraction of sp³-hybridized carbons (Fsp3) is 0.133. The number of benzene rings is 1. The van der Waals surface area contributed by atoms with Gasteiger partial charge in [0, 0.05) is 12.7 Å². The van der Waals surface area contributed by atoms with Crippen molar-refractivity contribution < 1.29 is 9.90 Å². The number of aromatic nitrogens is 3. The van der Waals surface area contributed by atoms with Gasteiger partial charge in [0.2, 0.25) is 0 Å². The maximum atomic E-state index is 11.1. The Kier molecular flexibility index (Phi) is 3.27. The number of aromatic carboxylic acids is 1. The Balaban J connectivity index is 1.86. The number of anilines is 1. The molecule has 0 aliphatic carbocycles. The Morgan fingerprint density at radius 3 is 2.90 bits per heavy atom. The van der Waals surface area contributed by atoms with Gasteiger partial charge in [-0.15, -0.1) is 0 Å². The molecule has 106 valence electrons. The largest absolute Gasteiger partial charge is 0.477 e. The van der Waals surface area contributed by atoms with Crippen LogP contribution in [0.2, 0.25) is 0 Å². The van der Waals surface area contributed by atoms with Crippen molar-refractivity contribution in [1.29, 1.82) is 0 Å². The van der Waals surface area contributed by atoms with E-state index in [0.29, 0.717) is 18.0 Å². The number of carboxylic acids is 1. The van der Waals surface area contributed by atoms with Gasteiger partial charge in [0.15, 0.2) is 5.65 Å². The molecular weight excluding hydrogens is 268 g/mol. The summed E-state index contributed by atoms with van der Waals surface area (Å²) in [5.74, 6) is -0.415. The molecule has 0 radical (unpaired) electrons. The van der Waals surface area contributed by atoms with Crippen LogP contribution in [0, 0.1) is 6.92 Å². The first-order chi connectivity index (χ1) is 10.1. The number of hydrogen-bond donors (Lipinski definition) is 2. The normalized spacial score (nSPS) is 10.7. The molecule has 0 saturated carbocycles. The third kappa shape index (κ3) is 2.55. The fourth-order valence-electron chi connectivity index (χ4n) is 2.11. The van der Waals surface area contributed by atoms with Crippen molar-refractivity contribution in [2.24, 2.45) is 0 Å². The van der Waals surface area contributed by atoms with E-state index in [1.165, 1.54) is 21.8 Å². The van der Waals surface area contributed by atoms with Crippen LogP contribution in [0.1, 0.15) is 21.5 Å². The van der Waals surface area contributed by atoms with Crippen molar-refractivity contribution in [2.75, 3.05) is 5.32 Å². The van der Waals surface area contributed by atoms with Gasteiger partial charge >= 0.3 is 5.97 Å². The molecule has 21 heavy (non-hydrogen) atoms. The van der Waals surface area contributed by atoms with Crippen LogP contribution in [0.3, 0.4) is 0 Å². The second-order valence-corrected chi connectivity index (χ2v) is 4.72. The van der Waals surface area contributed by atoms with Crippen molar-refractivity contribution >= 4 is 17.4 Å². The minimum atomic E-state index is -1.03. The van der Waals surface area contributed by atoms with Crippen LogP contribution in [0.4, 0.5) is 5.82 Å². The van der Waals surface area contributed by atoms with Crippen molar-refractivity contribution in [1.82, 2.24) is 14.6 Å². The molecule has 0 spiro atoms. The highest BCUT2D eigenvalue weighted by Gasteiger charge is 2.12. The number of carboxylic acid groups (broad SMARTS) is 1. The first kappa shape index (κ1) is 13.1. The molecule has 0 amide bonds. The number of rotatable bonds is 4. The molecule has 0 fully saturated rings. The van der Waals surface area contributed by atoms with Gasteiger partial charge in [-0.25, -0.2) is 14.3 Å². The van der Waals surface area contributed by atoms with Crippen molar-refractivity contribution in [3.8, 4) is 0 Å². The van der Waals surface area contributed by atoms with E-state index in [1.54, 1.807) is 12.3 Å². The number of nitrogens with one attached hydrogen (secondary N) is 1. The first-order valence-electron chi connectivity index (χ1n) is 6.51. The molecule has 3 aromatic rings. The number of carbonyl (C=O) groups is 1. The molecule has 2 heterocycles. The molecule has 6 heteroatoms. The summed E-state index contributed by atoms with van der Waals surface area (Å²) >= 11 is 0. The van der Waals surface area contributed by atoms with Gasteiger partial charge in [0.1, 0.15) is 11.4 Å². The second-order valence-electron chi connectivity index (χ2n) is 4.72. The Labute approximate surface area is 121 Å². The fourth-order valence-corrected chi connectivity index (χ4v) is 2.11. The van der Waals surface area contributed by atoms with Crippen LogP contribution < -0.4 is 5.32 Å². The third-order valence-electron chi connectivity index (χ3n) is 3.32. The summed E-state index contributed by atoms with van der Waals surface area (Å²) in [6.07, 6.45) is 2.99. The molecule has 0 aliphatic rings. The highest BCUT2D eigenvalue weighted by atomic mass is 16.4. The number of nitrogens with zero attached hydrogens (tertiary/aromatic N) is 3.